The molecule has 1 aromatic carbocycles. The molecule has 0 bridgehead atoms. The highest BCUT2D eigenvalue weighted by atomic mass is 35.5. The summed E-state index contributed by atoms with van der Waals surface area (Å²) < 4.78 is 1.71. The molecule has 8 nitrogen and oxygen atoms in total. The van der Waals surface area contributed by atoms with Crippen molar-refractivity contribution in [2.45, 2.75) is 44.6 Å². The van der Waals surface area contributed by atoms with Crippen molar-refractivity contribution < 1.29 is 14.4 Å². The number of benzene rings is 1. The zero-order chi connectivity index (χ0) is 19.8. The topological polar surface area (TPSA) is 105 Å². The molecular formula is C19H20ClN5O3. The fourth-order valence-corrected chi connectivity index (χ4v) is 3.09. The van der Waals surface area contributed by atoms with Crippen molar-refractivity contribution in [3.05, 3.63) is 46.2 Å². The number of carbonyl (C=O) groups excluding carboxylic acids is 3. The summed E-state index contributed by atoms with van der Waals surface area (Å²) >= 11 is 6.23. The van der Waals surface area contributed by atoms with Gasteiger partial charge >= 0.3 is 11.8 Å². The predicted molar refractivity (Wildman–Crippen MR) is 102 cm³/mol. The van der Waals surface area contributed by atoms with Gasteiger partial charge in [-0.15, -0.1) is 0 Å². The number of halogens is 1. The first-order valence-electron chi connectivity index (χ1n) is 9.19. The fraction of sp³-hybridized carbons (Fsp3) is 0.368. The van der Waals surface area contributed by atoms with E-state index in [0.717, 1.165) is 42.6 Å². The summed E-state index contributed by atoms with van der Waals surface area (Å²) in [5, 5.41) is 7.54. The summed E-state index contributed by atoms with van der Waals surface area (Å²) in [5.74, 6) is -1.95. The smallest absolute Gasteiger partial charge is 0.327 e. The van der Waals surface area contributed by atoms with Gasteiger partial charge in [-0.25, -0.2) is 4.68 Å². The Morgan fingerprint density at radius 2 is 1.86 bits per heavy atom. The number of nitrogens with zero attached hydrogens (tertiary/aromatic N) is 2. The van der Waals surface area contributed by atoms with E-state index < -0.39 is 17.7 Å². The molecule has 0 radical (unpaired) electrons. The maximum atomic E-state index is 12.6. The molecule has 9 heteroatoms. The first-order valence-corrected chi connectivity index (χ1v) is 9.57. The van der Waals surface area contributed by atoms with Crippen LogP contribution in [0.4, 0.5) is 0 Å². The molecule has 28 heavy (non-hydrogen) atoms. The Kier molecular flexibility index (Phi) is 4.80. The number of amides is 3. The van der Waals surface area contributed by atoms with E-state index >= 15 is 0 Å². The van der Waals surface area contributed by atoms with Crippen LogP contribution in [0, 0.1) is 6.92 Å². The molecule has 1 heterocycles. The quantitative estimate of drug-likeness (QED) is 0.536. The van der Waals surface area contributed by atoms with Crippen LogP contribution >= 0.6 is 11.6 Å². The van der Waals surface area contributed by atoms with Gasteiger partial charge in [-0.05, 0) is 50.3 Å². The van der Waals surface area contributed by atoms with Crippen molar-refractivity contribution in [2.75, 3.05) is 0 Å². The van der Waals surface area contributed by atoms with Crippen LogP contribution in [0.5, 0.6) is 0 Å². The minimum Gasteiger partial charge on any atom is -0.345 e. The molecule has 2 fully saturated rings. The zero-order valence-corrected chi connectivity index (χ0v) is 16.0. The lowest BCUT2D eigenvalue weighted by atomic mass is 10.1. The van der Waals surface area contributed by atoms with Crippen LogP contribution in [-0.2, 0) is 9.59 Å². The highest BCUT2D eigenvalue weighted by Gasteiger charge is 2.33. The third kappa shape index (κ3) is 3.87. The Bertz CT molecular complexity index is 962. The number of hydrogen-bond acceptors (Lipinski definition) is 4. The monoisotopic (exact) mass is 401 g/mol. The molecule has 2 aromatic rings. The number of aryl methyl sites for hydroxylation is 1. The molecule has 0 saturated heterocycles. The minimum atomic E-state index is -0.897. The van der Waals surface area contributed by atoms with Gasteiger partial charge < -0.3 is 5.32 Å². The van der Waals surface area contributed by atoms with E-state index in [1.54, 1.807) is 10.7 Å². The van der Waals surface area contributed by atoms with Crippen LogP contribution in [-0.4, -0.2) is 33.5 Å². The molecule has 2 aliphatic carbocycles. The summed E-state index contributed by atoms with van der Waals surface area (Å²) in [6, 6.07) is 5.66. The van der Waals surface area contributed by atoms with Crippen molar-refractivity contribution >= 4 is 29.3 Å². The maximum absolute atomic E-state index is 12.6. The molecule has 146 valence electrons. The van der Waals surface area contributed by atoms with E-state index in [1.165, 1.54) is 6.20 Å². The van der Waals surface area contributed by atoms with Gasteiger partial charge in [-0.3, -0.25) is 25.2 Å². The van der Waals surface area contributed by atoms with Gasteiger partial charge in [-0.1, -0.05) is 17.7 Å². The average Bonchev–Trinajstić information content (AvgIpc) is 3.61. The van der Waals surface area contributed by atoms with Crippen molar-refractivity contribution in [1.82, 2.24) is 25.9 Å². The number of carbonyl (C=O) groups is 3. The third-order valence-corrected chi connectivity index (χ3v) is 5.23. The van der Waals surface area contributed by atoms with Gasteiger partial charge in [0.1, 0.15) is 0 Å². The summed E-state index contributed by atoms with van der Waals surface area (Å²) in [7, 11) is 0. The van der Waals surface area contributed by atoms with Gasteiger partial charge in [0.2, 0.25) is 0 Å². The number of rotatable bonds is 4. The van der Waals surface area contributed by atoms with E-state index in [1.807, 2.05) is 19.1 Å². The van der Waals surface area contributed by atoms with Crippen LogP contribution in [0.2, 0.25) is 5.02 Å². The third-order valence-electron chi connectivity index (χ3n) is 4.82. The fourth-order valence-electron chi connectivity index (χ4n) is 2.92. The molecule has 1 aromatic heterocycles. The van der Waals surface area contributed by atoms with Crippen molar-refractivity contribution in [3.63, 3.8) is 0 Å². The molecule has 0 unspecified atom stereocenters. The van der Waals surface area contributed by atoms with E-state index in [4.69, 9.17) is 11.6 Å². The highest BCUT2D eigenvalue weighted by molar-refractivity contribution is 6.35. The van der Waals surface area contributed by atoms with Gasteiger partial charge in [0.15, 0.2) is 0 Å². The van der Waals surface area contributed by atoms with Crippen LogP contribution in [0.3, 0.4) is 0 Å². The first-order chi connectivity index (χ1) is 13.4. The van der Waals surface area contributed by atoms with Crippen LogP contribution in [0.15, 0.2) is 24.4 Å². The Balaban J connectivity index is 1.50. The largest absolute Gasteiger partial charge is 0.345 e. The second-order valence-corrected chi connectivity index (χ2v) is 7.63. The predicted octanol–water partition coefficient (Wildman–Crippen LogP) is 1.75. The van der Waals surface area contributed by atoms with Crippen LogP contribution < -0.4 is 16.2 Å². The second-order valence-electron chi connectivity index (χ2n) is 7.22. The van der Waals surface area contributed by atoms with E-state index in [9.17, 15) is 14.4 Å². The van der Waals surface area contributed by atoms with Crippen molar-refractivity contribution in [2.24, 2.45) is 0 Å². The highest BCUT2D eigenvalue weighted by Crippen LogP contribution is 2.42. The number of aromatic nitrogens is 2. The molecule has 0 spiro atoms. The maximum Gasteiger partial charge on any atom is 0.327 e. The summed E-state index contributed by atoms with van der Waals surface area (Å²) in [5.41, 5.74) is 7.32. The molecule has 2 saturated carbocycles. The lowest BCUT2D eigenvalue weighted by molar-refractivity contribution is -0.139. The SMILES string of the molecule is Cc1ccc(-n2ncc(C(=O)NNC(=O)C(=O)NC3CC3)c2C2CC2)cc1Cl. The molecular weight excluding hydrogens is 382 g/mol. The lowest BCUT2D eigenvalue weighted by Gasteiger charge is -2.11. The Labute approximate surface area is 166 Å². The van der Waals surface area contributed by atoms with E-state index in [0.29, 0.717) is 10.6 Å². The standard InChI is InChI=1S/C19H20ClN5O3/c1-10-2-7-13(8-15(10)20)25-16(11-3-4-11)14(9-21-25)17(26)23-24-19(28)18(27)22-12-5-6-12/h2,7-9,11-12H,3-6H2,1H3,(H,22,27)(H,23,26)(H,24,28). The number of nitrogens with one attached hydrogen (secondary N) is 3. The molecule has 4 rings (SSSR count). The minimum absolute atomic E-state index is 0.0648. The second kappa shape index (κ2) is 7.27. The van der Waals surface area contributed by atoms with Crippen LogP contribution in [0.25, 0.3) is 5.69 Å². The molecule has 2 aliphatic rings. The number of hydrogen-bond donors (Lipinski definition) is 3. The Morgan fingerprint density at radius 1 is 1.11 bits per heavy atom. The summed E-state index contributed by atoms with van der Waals surface area (Å²) in [6.45, 7) is 1.91. The zero-order valence-electron chi connectivity index (χ0n) is 15.3. The van der Waals surface area contributed by atoms with E-state index in [2.05, 4.69) is 21.3 Å². The van der Waals surface area contributed by atoms with Gasteiger partial charge in [0.05, 0.1) is 23.1 Å². The summed E-state index contributed by atoms with van der Waals surface area (Å²) in [4.78, 5) is 36.1. The van der Waals surface area contributed by atoms with Gasteiger partial charge in [-0.2, -0.15) is 5.10 Å². The first kappa shape index (κ1) is 18.5. The molecule has 0 atom stereocenters. The molecule has 3 amide bonds. The summed E-state index contributed by atoms with van der Waals surface area (Å²) in [6.07, 6.45) is 5.13. The van der Waals surface area contributed by atoms with Crippen molar-refractivity contribution in [1.29, 1.82) is 0 Å². The van der Waals surface area contributed by atoms with Gasteiger partial charge in [0, 0.05) is 17.0 Å². The van der Waals surface area contributed by atoms with Crippen LogP contribution in [0.1, 0.15) is 53.2 Å². The normalized spacial score (nSPS) is 15.8. The van der Waals surface area contributed by atoms with Crippen molar-refractivity contribution in [3.8, 4) is 5.69 Å². The van der Waals surface area contributed by atoms with Gasteiger partial charge in [0.25, 0.3) is 5.91 Å². The molecule has 0 aliphatic heterocycles. The Morgan fingerprint density at radius 3 is 2.50 bits per heavy atom. The number of hydrazine groups is 1. The van der Waals surface area contributed by atoms with E-state index in [-0.39, 0.29) is 12.0 Å². The lowest BCUT2D eigenvalue weighted by Crippen LogP contribution is -2.49. The Hall–Kier alpha value is -2.87. The molecule has 3 N–H and O–H groups in total. The average molecular weight is 402 g/mol.